The summed E-state index contributed by atoms with van der Waals surface area (Å²) in [6, 6.07) is 8.90. The van der Waals surface area contributed by atoms with Crippen molar-refractivity contribution >= 4 is 23.8 Å². The number of hydrazine groups is 1. The minimum atomic E-state index is -1.11. The maximum atomic E-state index is 12.6. The van der Waals surface area contributed by atoms with Crippen LogP contribution in [0.3, 0.4) is 0 Å². The molecule has 1 saturated carbocycles. The fourth-order valence-corrected chi connectivity index (χ4v) is 3.05. The van der Waals surface area contributed by atoms with E-state index in [0.29, 0.717) is 17.9 Å². The molecule has 3 atom stereocenters. The van der Waals surface area contributed by atoms with Gasteiger partial charge in [0, 0.05) is 0 Å². The summed E-state index contributed by atoms with van der Waals surface area (Å²) in [5.41, 5.74) is 2.15. The lowest BCUT2D eigenvalue weighted by Gasteiger charge is -2.21. The predicted molar refractivity (Wildman–Crippen MR) is 94.9 cm³/mol. The van der Waals surface area contributed by atoms with Crippen LogP contribution >= 0.6 is 0 Å². The van der Waals surface area contributed by atoms with E-state index in [4.69, 9.17) is 4.74 Å². The molecule has 2 fully saturated rings. The van der Waals surface area contributed by atoms with Crippen LogP contribution in [0.25, 0.3) is 0 Å². The molecule has 27 heavy (non-hydrogen) atoms. The molecule has 0 aromatic heterocycles. The Kier molecular flexibility index (Phi) is 5.16. The highest BCUT2D eigenvalue weighted by molar-refractivity contribution is 6.07. The van der Waals surface area contributed by atoms with Crippen molar-refractivity contribution in [2.75, 3.05) is 6.61 Å². The van der Waals surface area contributed by atoms with E-state index in [0.717, 1.165) is 12.0 Å². The Morgan fingerprint density at radius 2 is 1.96 bits per heavy atom. The first-order valence-electron chi connectivity index (χ1n) is 8.97. The molecule has 3 rings (SSSR count). The average molecular weight is 373 g/mol. The molecule has 0 spiro atoms. The lowest BCUT2D eigenvalue weighted by molar-refractivity contribution is -0.152. The highest BCUT2D eigenvalue weighted by atomic mass is 16.5. The number of ether oxygens (including phenoxy) is 1. The number of aryl methyl sites for hydroxylation is 1. The Morgan fingerprint density at radius 3 is 2.59 bits per heavy atom. The van der Waals surface area contributed by atoms with Crippen LogP contribution in [-0.4, -0.2) is 41.0 Å². The number of amides is 4. The number of esters is 1. The van der Waals surface area contributed by atoms with Crippen LogP contribution < -0.4 is 10.7 Å². The smallest absolute Gasteiger partial charge is 0.344 e. The number of hydrogen-bond acceptors (Lipinski definition) is 5. The topological polar surface area (TPSA) is 105 Å². The van der Waals surface area contributed by atoms with Gasteiger partial charge < -0.3 is 10.1 Å². The first-order chi connectivity index (χ1) is 12.8. The highest BCUT2D eigenvalue weighted by Crippen LogP contribution is 2.38. The quantitative estimate of drug-likeness (QED) is 0.551. The van der Waals surface area contributed by atoms with E-state index in [1.807, 2.05) is 37.3 Å². The first kappa shape index (κ1) is 18.9. The maximum Gasteiger partial charge on any atom is 0.344 e. The van der Waals surface area contributed by atoms with Crippen molar-refractivity contribution in [3.8, 4) is 0 Å². The molecule has 1 heterocycles. The molecule has 8 heteroatoms. The van der Waals surface area contributed by atoms with Crippen molar-refractivity contribution in [2.24, 2.45) is 11.8 Å². The van der Waals surface area contributed by atoms with Crippen LogP contribution in [0.5, 0.6) is 0 Å². The third kappa shape index (κ3) is 4.27. The minimum Gasteiger partial charge on any atom is -0.455 e. The number of carbonyl (C=O) groups excluding carboxylic acids is 4. The number of urea groups is 1. The van der Waals surface area contributed by atoms with Crippen molar-refractivity contribution < 1.29 is 23.9 Å². The van der Waals surface area contributed by atoms with E-state index < -0.39 is 36.0 Å². The lowest BCUT2D eigenvalue weighted by atomic mass is 9.93. The fourth-order valence-electron chi connectivity index (χ4n) is 3.05. The van der Waals surface area contributed by atoms with Gasteiger partial charge in [0.05, 0.1) is 5.92 Å². The van der Waals surface area contributed by atoms with Crippen LogP contribution in [0.4, 0.5) is 4.79 Å². The summed E-state index contributed by atoms with van der Waals surface area (Å²) in [7, 11) is 0. The fraction of sp³-hybridized carbons (Fsp3) is 0.474. The Labute approximate surface area is 157 Å². The van der Waals surface area contributed by atoms with E-state index in [1.54, 1.807) is 6.92 Å². The highest BCUT2D eigenvalue weighted by Gasteiger charge is 2.48. The molecule has 1 aliphatic carbocycles. The van der Waals surface area contributed by atoms with Crippen LogP contribution in [0.15, 0.2) is 30.3 Å². The normalized spacial score (nSPS) is 26.5. The molecule has 1 aliphatic heterocycles. The van der Waals surface area contributed by atoms with E-state index in [2.05, 4.69) is 10.7 Å². The predicted octanol–water partition coefficient (Wildman–Crippen LogP) is 1.16. The van der Waals surface area contributed by atoms with Gasteiger partial charge in [-0.1, -0.05) is 37.3 Å². The molecule has 144 valence electrons. The van der Waals surface area contributed by atoms with Crippen LogP contribution in [0.2, 0.25) is 0 Å². The van der Waals surface area contributed by atoms with Gasteiger partial charge in [-0.3, -0.25) is 19.8 Å². The number of imide groups is 1. The molecule has 0 radical (unpaired) electrons. The zero-order valence-corrected chi connectivity index (χ0v) is 15.4. The number of hydrogen-bond donors (Lipinski definition) is 2. The Hall–Kier alpha value is -2.90. The van der Waals surface area contributed by atoms with Crippen molar-refractivity contribution in [1.82, 2.24) is 15.8 Å². The number of nitrogens with one attached hydrogen (secondary N) is 2. The van der Waals surface area contributed by atoms with Crippen LogP contribution in [-0.2, 0) is 25.5 Å². The van der Waals surface area contributed by atoms with Crippen LogP contribution in [0.1, 0.15) is 32.3 Å². The molecule has 0 unspecified atom stereocenters. The largest absolute Gasteiger partial charge is 0.455 e. The second kappa shape index (κ2) is 7.38. The summed E-state index contributed by atoms with van der Waals surface area (Å²) in [4.78, 5) is 48.3. The van der Waals surface area contributed by atoms with Crippen LogP contribution in [0, 0.1) is 11.8 Å². The van der Waals surface area contributed by atoms with E-state index in [9.17, 15) is 19.2 Å². The molecule has 2 N–H and O–H groups in total. The summed E-state index contributed by atoms with van der Waals surface area (Å²) in [5.74, 6) is -1.58. The summed E-state index contributed by atoms with van der Waals surface area (Å²) in [6.07, 6.45) is 1.75. The summed E-state index contributed by atoms with van der Waals surface area (Å²) >= 11 is 0. The second-order valence-electron chi connectivity index (χ2n) is 7.35. The Balaban J connectivity index is 1.52. The van der Waals surface area contributed by atoms with Gasteiger partial charge in [0.15, 0.2) is 6.61 Å². The first-order valence-corrected chi connectivity index (χ1v) is 8.97. The monoisotopic (exact) mass is 373 g/mol. The van der Waals surface area contributed by atoms with Gasteiger partial charge in [-0.25, -0.2) is 4.79 Å². The third-order valence-electron chi connectivity index (χ3n) is 5.01. The summed E-state index contributed by atoms with van der Waals surface area (Å²) in [6.45, 7) is 3.02. The SMILES string of the molecule is C[C@H]1C[C@@H]1C(=O)OCC(=O)NN1C(=O)N[C@](C)(CCc2ccccc2)C1=O. The number of rotatable bonds is 7. The molecular weight excluding hydrogens is 350 g/mol. The molecule has 1 aromatic rings. The van der Waals surface area contributed by atoms with Gasteiger partial charge >= 0.3 is 12.0 Å². The van der Waals surface area contributed by atoms with Gasteiger partial charge in [0.1, 0.15) is 5.54 Å². The van der Waals surface area contributed by atoms with Gasteiger partial charge in [-0.15, -0.1) is 0 Å². The number of carbonyl (C=O) groups is 4. The average Bonchev–Trinajstić information content (AvgIpc) is 3.34. The standard InChI is InChI=1S/C19H23N3O5/c1-12-10-14(12)16(24)27-11-15(23)21-22-17(25)19(2,20-18(22)26)9-8-13-6-4-3-5-7-13/h3-7,12,14H,8-11H2,1-2H3,(H,20,26)(H,21,23)/t12-,14-,19+/m0/s1. The van der Waals surface area contributed by atoms with Gasteiger partial charge in [0.25, 0.3) is 11.8 Å². The third-order valence-corrected chi connectivity index (χ3v) is 5.01. The van der Waals surface area contributed by atoms with Crippen molar-refractivity contribution in [3.05, 3.63) is 35.9 Å². The summed E-state index contributed by atoms with van der Waals surface area (Å²) < 4.78 is 4.92. The van der Waals surface area contributed by atoms with Gasteiger partial charge in [-0.2, -0.15) is 5.01 Å². The second-order valence-corrected chi connectivity index (χ2v) is 7.35. The van der Waals surface area contributed by atoms with E-state index in [1.165, 1.54) is 0 Å². The molecular formula is C19H23N3O5. The zero-order valence-electron chi connectivity index (χ0n) is 15.4. The maximum absolute atomic E-state index is 12.6. The number of nitrogens with zero attached hydrogens (tertiary/aromatic N) is 1. The minimum absolute atomic E-state index is 0.157. The molecule has 0 bridgehead atoms. The zero-order chi connectivity index (χ0) is 19.6. The van der Waals surface area contributed by atoms with Gasteiger partial charge in [0.2, 0.25) is 0 Å². The van der Waals surface area contributed by atoms with Crippen molar-refractivity contribution in [3.63, 3.8) is 0 Å². The molecule has 4 amide bonds. The van der Waals surface area contributed by atoms with Crippen molar-refractivity contribution in [2.45, 2.75) is 38.6 Å². The molecule has 2 aliphatic rings. The van der Waals surface area contributed by atoms with Crippen molar-refractivity contribution in [1.29, 1.82) is 0 Å². The molecule has 1 aromatic carbocycles. The Bertz CT molecular complexity index is 766. The van der Waals surface area contributed by atoms with Gasteiger partial charge in [-0.05, 0) is 37.7 Å². The summed E-state index contributed by atoms with van der Waals surface area (Å²) in [5, 5.41) is 3.27. The van der Waals surface area contributed by atoms with E-state index >= 15 is 0 Å². The molecule has 1 saturated heterocycles. The van der Waals surface area contributed by atoms with E-state index in [-0.39, 0.29) is 11.8 Å². The Morgan fingerprint density at radius 1 is 1.30 bits per heavy atom. The lowest BCUT2D eigenvalue weighted by Crippen LogP contribution is -2.50. The molecule has 8 nitrogen and oxygen atoms in total. The number of benzene rings is 1.